The van der Waals surface area contributed by atoms with Crippen molar-refractivity contribution in [2.24, 2.45) is 0 Å². The molecule has 0 bridgehead atoms. The number of amides is 1. The van der Waals surface area contributed by atoms with Crippen molar-refractivity contribution in [2.75, 3.05) is 12.4 Å². The van der Waals surface area contributed by atoms with Gasteiger partial charge in [-0.1, -0.05) is 6.07 Å². The van der Waals surface area contributed by atoms with Gasteiger partial charge in [0.05, 0.1) is 7.11 Å². The van der Waals surface area contributed by atoms with Crippen LogP contribution in [0.1, 0.15) is 37.5 Å². The van der Waals surface area contributed by atoms with Gasteiger partial charge in [-0.25, -0.2) is 4.79 Å². The van der Waals surface area contributed by atoms with E-state index < -0.39 is 11.7 Å². The minimum Gasteiger partial charge on any atom is -0.444 e. The summed E-state index contributed by atoms with van der Waals surface area (Å²) in [6, 6.07) is 3.97. The summed E-state index contributed by atoms with van der Waals surface area (Å²) in [5.41, 5.74) is 6.19. The molecule has 0 heterocycles. The third-order valence-electron chi connectivity index (χ3n) is 2.78. The molecule has 1 rings (SSSR count). The molecule has 0 radical (unpaired) electrons. The van der Waals surface area contributed by atoms with E-state index in [2.05, 4.69) is 16.9 Å². The third-order valence-corrected chi connectivity index (χ3v) is 2.78. The normalized spacial score (nSPS) is 11.3. The highest BCUT2D eigenvalue weighted by atomic mass is 16.6. The predicted molar refractivity (Wildman–Crippen MR) is 79.6 cm³/mol. The van der Waals surface area contributed by atoms with E-state index in [9.17, 15) is 4.79 Å². The summed E-state index contributed by atoms with van der Waals surface area (Å²) in [5.74, 6) is 0. The first-order chi connectivity index (χ1) is 9.23. The van der Waals surface area contributed by atoms with Gasteiger partial charge in [-0.05, 0) is 57.4 Å². The quantitative estimate of drug-likeness (QED) is 0.831. The molecule has 1 aromatic carbocycles. The average Bonchev–Trinajstić information content (AvgIpc) is 2.30. The Balaban J connectivity index is 2.88. The SMILES string of the molecule is CONCc1cc(C)c(C)c(NC(=O)OC(C)(C)C)c1. The lowest BCUT2D eigenvalue weighted by molar-refractivity contribution is 0.0636. The summed E-state index contributed by atoms with van der Waals surface area (Å²) < 4.78 is 5.27. The molecule has 0 aliphatic rings. The third kappa shape index (κ3) is 5.19. The van der Waals surface area contributed by atoms with Crippen LogP contribution < -0.4 is 10.8 Å². The number of hydrogen-bond donors (Lipinski definition) is 2. The molecule has 0 atom stereocenters. The van der Waals surface area contributed by atoms with Crippen molar-refractivity contribution in [1.29, 1.82) is 0 Å². The topological polar surface area (TPSA) is 59.6 Å². The first-order valence-corrected chi connectivity index (χ1v) is 6.59. The summed E-state index contributed by atoms with van der Waals surface area (Å²) in [6.07, 6.45) is -0.447. The molecule has 1 aromatic rings. The molecular formula is C15H24N2O3. The largest absolute Gasteiger partial charge is 0.444 e. The second-order valence-corrected chi connectivity index (χ2v) is 5.74. The molecule has 1 amide bonds. The molecule has 0 saturated heterocycles. The number of aryl methyl sites for hydroxylation is 1. The van der Waals surface area contributed by atoms with E-state index in [-0.39, 0.29) is 0 Å². The molecule has 2 N–H and O–H groups in total. The molecule has 0 fully saturated rings. The number of anilines is 1. The van der Waals surface area contributed by atoms with Crippen molar-refractivity contribution in [1.82, 2.24) is 5.48 Å². The highest BCUT2D eigenvalue weighted by Gasteiger charge is 2.17. The van der Waals surface area contributed by atoms with Crippen molar-refractivity contribution in [2.45, 2.75) is 46.8 Å². The molecule has 20 heavy (non-hydrogen) atoms. The first-order valence-electron chi connectivity index (χ1n) is 6.59. The Hall–Kier alpha value is -1.59. The Bertz CT molecular complexity index is 479. The Labute approximate surface area is 120 Å². The Morgan fingerprint density at radius 3 is 2.45 bits per heavy atom. The van der Waals surface area contributed by atoms with Gasteiger partial charge in [-0.15, -0.1) is 0 Å². The van der Waals surface area contributed by atoms with Crippen LogP contribution in [0.5, 0.6) is 0 Å². The summed E-state index contributed by atoms with van der Waals surface area (Å²) in [7, 11) is 1.57. The molecule has 0 aliphatic heterocycles. The Morgan fingerprint density at radius 2 is 1.90 bits per heavy atom. The number of carbonyl (C=O) groups excluding carboxylic acids is 1. The van der Waals surface area contributed by atoms with Gasteiger partial charge in [0.2, 0.25) is 0 Å². The van der Waals surface area contributed by atoms with Gasteiger partial charge in [-0.3, -0.25) is 5.32 Å². The molecule has 0 spiro atoms. The van der Waals surface area contributed by atoms with Crippen LogP contribution in [-0.4, -0.2) is 18.8 Å². The fourth-order valence-corrected chi connectivity index (χ4v) is 1.74. The molecular weight excluding hydrogens is 256 g/mol. The zero-order valence-electron chi connectivity index (χ0n) is 13.1. The van der Waals surface area contributed by atoms with Crippen molar-refractivity contribution in [3.8, 4) is 0 Å². The monoisotopic (exact) mass is 280 g/mol. The summed E-state index contributed by atoms with van der Waals surface area (Å²) >= 11 is 0. The molecule has 0 aromatic heterocycles. The van der Waals surface area contributed by atoms with Crippen LogP contribution in [0.3, 0.4) is 0 Å². The molecule has 0 aliphatic carbocycles. The van der Waals surface area contributed by atoms with Gasteiger partial charge < -0.3 is 9.57 Å². The fourth-order valence-electron chi connectivity index (χ4n) is 1.74. The van der Waals surface area contributed by atoms with Gasteiger partial charge in [-0.2, -0.15) is 5.48 Å². The summed E-state index contributed by atoms with van der Waals surface area (Å²) in [4.78, 5) is 16.7. The minimum absolute atomic E-state index is 0.447. The maximum Gasteiger partial charge on any atom is 0.412 e. The molecule has 5 nitrogen and oxygen atoms in total. The van der Waals surface area contributed by atoms with E-state index in [0.717, 1.165) is 22.4 Å². The van der Waals surface area contributed by atoms with Crippen molar-refractivity contribution < 1.29 is 14.4 Å². The Morgan fingerprint density at radius 1 is 1.25 bits per heavy atom. The van der Waals surface area contributed by atoms with Gasteiger partial charge >= 0.3 is 6.09 Å². The Kier molecular flexibility index (Phi) is 5.53. The van der Waals surface area contributed by atoms with Crippen LogP contribution in [0.15, 0.2) is 12.1 Å². The average molecular weight is 280 g/mol. The highest BCUT2D eigenvalue weighted by molar-refractivity contribution is 5.86. The number of ether oxygens (including phenoxy) is 1. The van der Waals surface area contributed by atoms with E-state index in [1.807, 2.05) is 40.7 Å². The lowest BCUT2D eigenvalue weighted by Gasteiger charge is -2.21. The summed E-state index contributed by atoms with van der Waals surface area (Å²) in [5, 5.41) is 2.79. The van der Waals surface area contributed by atoms with E-state index in [1.165, 1.54) is 0 Å². The van der Waals surface area contributed by atoms with Crippen molar-refractivity contribution in [3.05, 3.63) is 28.8 Å². The van der Waals surface area contributed by atoms with Crippen LogP contribution in [0, 0.1) is 13.8 Å². The van der Waals surface area contributed by atoms with Crippen LogP contribution in [0.25, 0.3) is 0 Å². The zero-order valence-corrected chi connectivity index (χ0v) is 13.1. The number of hydroxylamine groups is 1. The van der Waals surface area contributed by atoms with Gasteiger partial charge in [0, 0.05) is 12.2 Å². The standard InChI is InChI=1S/C15H24N2O3/c1-10-7-12(9-16-19-6)8-13(11(10)2)17-14(18)20-15(3,4)5/h7-8,16H,9H2,1-6H3,(H,17,18). The van der Waals surface area contributed by atoms with Crippen molar-refractivity contribution in [3.63, 3.8) is 0 Å². The van der Waals surface area contributed by atoms with Gasteiger partial charge in [0.25, 0.3) is 0 Å². The van der Waals surface area contributed by atoms with Crippen molar-refractivity contribution >= 4 is 11.8 Å². The minimum atomic E-state index is -0.512. The highest BCUT2D eigenvalue weighted by Crippen LogP contribution is 2.22. The fraction of sp³-hybridized carbons (Fsp3) is 0.533. The maximum absolute atomic E-state index is 11.8. The lowest BCUT2D eigenvalue weighted by atomic mass is 10.0. The van der Waals surface area contributed by atoms with Crippen LogP contribution in [0.2, 0.25) is 0 Å². The first kappa shape index (κ1) is 16.5. The lowest BCUT2D eigenvalue weighted by Crippen LogP contribution is -2.27. The number of nitrogens with one attached hydrogen (secondary N) is 2. The smallest absolute Gasteiger partial charge is 0.412 e. The zero-order chi connectivity index (χ0) is 15.3. The van der Waals surface area contributed by atoms with E-state index in [1.54, 1.807) is 7.11 Å². The maximum atomic E-state index is 11.8. The summed E-state index contributed by atoms with van der Waals surface area (Å²) in [6.45, 7) is 10.1. The second kappa shape index (κ2) is 6.72. The molecule has 0 saturated carbocycles. The van der Waals surface area contributed by atoms with Gasteiger partial charge in [0.15, 0.2) is 0 Å². The van der Waals surface area contributed by atoms with Gasteiger partial charge in [0.1, 0.15) is 5.60 Å². The predicted octanol–water partition coefficient (Wildman–Crippen LogP) is 3.30. The van der Waals surface area contributed by atoms with E-state index in [4.69, 9.17) is 9.57 Å². The molecule has 5 heteroatoms. The van der Waals surface area contributed by atoms with Crippen LogP contribution >= 0.6 is 0 Å². The molecule has 0 unspecified atom stereocenters. The van der Waals surface area contributed by atoms with Crippen LogP contribution in [0.4, 0.5) is 10.5 Å². The second-order valence-electron chi connectivity index (χ2n) is 5.74. The molecule has 112 valence electrons. The number of hydrogen-bond acceptors (Lipinski definition) is 4. The van der Waals surface area contributed by atoms with E-state index in [0.29, 0.717) is 6.54 Å². The number of benzene rings is 1. The number of rotatable bonds is 4. The van der Waals surface area contributed by atoms with E-state index >= 15 is 0 Å². The number of carbonyl (C=O) groups is 1. The van der Waals surface area contributed by atoms with Crippen LogP contribution in [-0.2, 0) is 16.1 Å².